The predicted octanol–water partition coefficient (Wildman–Crippen LogP) is 1.25. The van der Waals surface area contributed by atoms with Crippen molar-refractivity contribution in [1.82, 2.24) is 18.7 Å². The summed E-state index contributed by atoms with van der Waals surface area (Å²) in [5.41, 5.74) is 1.61. The summed E-state index contributed by atoms with van der Waals surface area (Å²) >= 11 is 1.23. The highest BCUT2D eigenvalue weighted by atomic mass is 32.2. The van der Waals surface area contributed by atoms with Gasteiger partial charge in [0.15, 0.2) is 16.3 Å². The number of hydrogen-bond acceptors (Lipinski definition) is 6. The van der Waals surface area contributed by atoms with Crippen LogP contribution in [0, 0.1) is 0 Å². The minimum absolute atomic E-state index is 0.132. The van der Waals surface area contributed by atoms with Crippen molar-refractivity contribution in [3.63, 3.8) is 0 Å². The van der Waals surface area contributed by atoms with Crippen LogP contribution in [-0.4, -0.2) is 44.4 Å². The van der Waals surface area contributed by atoms with E-state index in [1.165, 1.54) is 23.4 Å². The number of hydrogen-bond donors (Lipinski definition) is 1. The maximum absolute atomic E-state index is 12.5. The van der Waals surface area contributed by atoms with Gasteiger partial charge in [0.2, 0.25) is 5.91 Å². The zero-order chi connectivity index (χ0) is 21.3. The molecule has 2 aromatic heterocycles. The summed E-state index contributed by atoms with van der Waals surface area (Å²) in [5, 5.41) is 3.38. The first-order valence-electron chi connectivity index (χ1n) is 9.10. The van der Waals surface area contributed by atoms with Gasteiger partial charge in [-0.25, -0.2) is 9.78 Å². The number of fused-ring (bicyclic) bond motifs is 1. The summed E-state index contributed by atoms with van der Waals surface area (Å²) in [6.07, 6.45) is 0. The van der Waals surface area contributed by atoms with Crippen LogP contribution in [0.15, 0.2) is 39.0 Å². The van der Waals surface area contributed by atoms with Gasteiger partial charge in [0, 0.05) is 46.1 Å². The fraction of sp³-hybridized carbons (Fsp3) is 0.368. The van der Waals surface area contributed by atoms with Crippen molar-refractivity contribution in [2.75, 3.05) is 30.1 Å². The number of carbonyl (C=O) groups is 1. The number of imidazole rings is 1. The lowest BCUT2D eigenvalue weighted by molar-refractivity contribution is -0.113. The molecule has 0 unspecified atom stereocenters. The average Bonchev–Trinajstić information content (AvgIpc) is 3.08. The third-order valence-corrected chi connectivity index (χ3v) is 5.61. The number of anilines is 2. The molecule has 0 atom stereocenters. The molecular formula is C19H24N6O3S. The monoisotopic (exact) mass is 416 g/mol. The number of thioether (sulfide) groups is 1. The molecule has 9 nitrogen and oxygen atoms in total. The summed E-state index contributed by atoms with van der Waals surface area (Å²) in [4.78, 5) is 43.5. The van der Waals surface area contributed by atoms with Crippen molar-refractivity contribution < 1.29 is 4.79 Å². The Hall–Kier alpha value is -3.01. The molecule has 0 aliphatic carbocycles. The minimum atomic E-state index is -0.432. The van der Waals surface area contributed by atoms with Crippen molar-refractivity contribution >= 4 is 40.2 Å². The number of aromatic nitrogens is 4. The Bertz CT molecular complexity index is 1170. The molecule has 0 saturated heterocycles. The lowest BCUT2D eigenvalue weighted by Gasteiger charge is -2.13. The second kappa shape index (κ2) is 8.16. The van der Waals surface area contributed by atoms with Crippen molar-refractivity contribution in [3.8, 4) is 0 Å². The number of rotatable bonds is 6. The quantitative estimate of drug-likeness (QED) is 0.608. The highest BCUT2D eigenvalue weighted by Crippen LogP contribution is 2.22. The van der Waals surface area contributed by atoms with Crippen LogP contribution in [-0.2, 0) is 25.4 Å². The molecule has 0 radical (unpaired) electrons. The average molecular weight is 417 g/mol. The molecule has 1 aromatic carbocycles. The van der Waals surface area contributed by atoms with E-state index in [1.807, 2.05) is 50.2 Å². The highest BCUT2D eigenvalue weighted by Gasteiger charge is 2.19. The van der Waals surface area contributed by atoms with Crippen LogP contribution < -0.4 is 21.5 Å². The maximum Gasteiger partial charge on any atom is 0.332 e. The van der Waals surface area contributed by atoms with E-state index in [0.29, 0.717) is 28.6 Å². The smallest absolute Gasteiger partial charge is 0.332 e. The summed E-state index contributed by atoms with van der Waals surface area (Å²) < 4.78 is 4.15. The van der Waals surface area contributed by atoms with Gasteiger partial charge in [0.1, 0.15) is 0 Å². The molecule has 0 spiro atoms. The zero-order valence-corrected chi connectivity index (χ0v) is 17.9. The van der Waals surface area contributed by atoms with E-state index in [4.69, 9.17) is 0 Å². The van der Waals surface area contributed by atoms with E-state index in [1.54, 1.807) is 11.6 Å². The topological polar surface area (TPSA) is 94.2 Å². The Kier molecular flexibility index (Phi) is 5.83. The number of benzene rings is 1. The summed E-state index contributed by atoms with van der Waals surface area (Å²) in [6, 6.07) is 7.54. The molecule has 29 heavy (non-hydrogen) atoms. The fourth-order valence-electron chi connectivity index (χ4n) is 3.00. The van der Waals surface area contributed by atoms with Gasteiger partial charge < -0.3 is 14.8 Å². The fourth-order valence-corrected chi connectivity index (χ4v) is 3.86. The molecule has 0 fully saturated rings. The summed E-state index contributed by atoms with van der Waals surface area (Å²) in [5.74, 6) is -0.0448. The van der Waals surface area contributed by atoms with Crippen LogP contribution >= 0.6 is 11.8 Å². The first kappa shape index (κ1) is 20.7. The molecule has 0 aliphatic rings. The van der Waals surface area contributed by atoms with Crippen molar-refractivity contribution in [1.29, 1.82) is 0 Å². The standard InChI is InChI=1S/C19H24N6O3S/c1-6-25-15-16(23(4)19(28)24(5)17(15)27)21-18(25)29-11-14(26)20-12-7-9-13(10-8-12)22(2)3/h7-10H,6,11H2,1-5H3,(H,20,26). The van der Waals surface area contributed by atoms with Gasteiger partial charge in [0.05, 0.1) is 5.75 Å². The van der Waals surface area contributed by atoms with E-state index in [9.17, 15) is 14.4 Å². The number of nitrogens with zero attached hydrogens (tertiary/aromatic N) is 5. The lowest BCUT2D eigenvalue weighted by atomic mass is 10.2. The largest absolute Gasteiger partial charge is 0.378 e. The predicted molar refractivity (Wildman–Crippen MR) is 116 cm³/mol. The zero-order valence-electron chi connectivity index (χ0n) is 17.1. The van der Waals surface area contributed by atoms with E-state index < -0.39 is 11.2 Å². The molecule has 10 heteroatoms. The van der Waals surface area contributed by atoms with Gasteiger partial charge in [-0.2, -0.15) is 0 Å². The van der Waals surface area contributed by atoms with Crippen LogP contribution in [0.4, 0.5) is 11.4 Å². The van der Waals surface area contributed by atoms with Crippen LogP contribution in [0.2, 0.25) is 0 Å². The van der Waals surface area contributed by atoms with E-state index in [0.717, 1.165) is 10.3 Å². The molecule has 1 N–H and O–H groups in total. The third kappa shape index (κ3) is 3.93. The molecule has 0 saturated carbocycles. The number of amides is 1. The molecule has 3 aromatic rings. The lowest BCUT2D eigenvalue weighted by Crippen LogP contribution is -2.37. The first-order valence-corrected chi connectivity index (χ1v) is 10.1. The van der Waals surface area contributed by atoms with Crippen molar-refractivity contribution in [2.45, 2.75) is 18.6 Å². The van der Waals surface area contributed by atoms with Crippen LogP contribution in [0.5, 0.6) is 0 Å². The first-order chi connectivity index (χ1) is 13.7. The Labute approximate surface area is 172 Å². The van der Waals surface area contributed by atoms with Gasteiger partial charge in [0.25, 0.3) is 5.56 Å². The molecule has 2 heterocycles. The SMILES string of the molecule is CCn1c(SCC(=O)Nc2ccc(N(C)C)cc2)nc2c1c(=O)n(C)c(=O)n2C. The van der Waals surface area contributed by atoms with Gasteiger partial charge in [-0.1, -0.05) is 11.8 Å². The van der Waals surface area contributed by atoms with Gasteiger partial charge in [-0.15, -0.1) is 0 Å². The highest BCUT2D eigenvalue weighted by molar-refractivity contribution is 7.99. The summed E-state index contributed by atoms with van der Waals surface area (Å²) in [6.45, 7) is 2.39. The second-order valence-electron chi connectivity index (χ2n) is 6.79. The third-order valence-electron chi connectivity index (χ3n) is 4.63. The molecule has 0 aliphatic heterocycles. The number of carbonyl (C=O) groups excluding carboxylic acids is 1. The van der Waals surface area contributed by atoms with Gasteiger partial charge in [-0.3, -0.25) is 18.7 Å². The van der Waals surface area contributed by atoms with Gasteiger partial charge >= 0.3 is 5.69 Å². The second-order valence-corrected chi connectivity index (χ2v) is 7.74. The van der Waals surface area contributed by atoms with Crippen LogP contribution in [0.25, 0.3) is 11.2 Å². The Morgan fingerprint density at radius 3 is 2.38 bits per heavy atom. The maximum atomic E-state index is 12.5. The minimum Gasteiger partial charge on any atom is -0.378 e. The normalized spacial score (nSPS) is 11.1. The molecule has 1 amide bonds. The molecule has 154 valence electrons. The van der Waals surface area contributed by atoms with Crippen LogP contribution in [0.1, 0.15) is 6.92 Å². The van der Waals surface area contributed by atoms with Crippen LogP contribution in [0.3, 0.4) is 0 Å². The number of aryl methyl sites for hydroxylation is 2. The van der Waals surface area contributed by atoms with Crippen molar-refractivity contribution in [3.05, 3.63) is 45.1 Å². The Morgan fingerprint density at radius 2 is 1.79 bits per heavy atom. The summed E-state index contributed by atoms with van der Waals surface area (Å²) in [7, 11) is 6.93. The number of nitrogens with one attached hydrogen (secondary N) is 1. The van der Waals surface area contributed by atoms with Crippen molar-refractivity contribution in [2.24, 2.45) is 14.1 Å². The van der Waals surface area contributed by atoms with E-state index in [-0.39, 0.29) is 11.7 Å². The molecule has 0 bridgehead atoms. The van der Waals surface area contributed by atoms with Gasteiger partial charge in [-0.05, 0) is 31.2 Å². The Morgan fingerprint density at radius 1 is 1.14 bits per heavy atom. The molecule has 3 rings (SSSR count). The van der Waals surface area contributed by atoms with E-state index >= 15 is 0 Å². The Balaban J connectivity index is 1.80. The van der Waals surface area contributed by atoms with E-state index in [2.05, 4.69) is 10.3 Å². The molecular weight excluding hydrogens is 392 g/mol.